The first-order valence-electron chi connectivity index (χ1n) is 6.28. The third-order valence-electron chi connectivity index (χ3n) is 3.47. The summed E-state index contributed by atoms with van der Waals surface area (Å²) in [6.07, 6.45) is 3.54. The van der Waals surface area contributed by atoms with E-state index in [9.17, 15) is 9.59 Å². The van der Waals surface area contributed by atoms with E-state index in [-0.39, 0.29) is 17.5 Å². The van der Waals surface area contributed by atoms with Gasteiger partial charge in [-0.3, -0.25) is 9.59 Å². The molecule has 0 radical (unpaired) electrons. The molecule has 1 aliphatic rings. The van der Waals surface area contributed by atoms with E-state index in [0.717, 1.165) is 19.3 Å². The van der Waals surface area contributed by atoms with Crippen LogP contribution in [0.4, 0.5) is 0 Å². The maximum Gasteiger partial charge on any atom is 0.143 e. The highest BCUT2D eigenvalue weighted by atomic mass is 16.2. The van der Waals surface area contributed by atoms with Gasteiger partial charge in [0.1, 0.15) is 11.6 Å². The van der Waals surface area contributed by atoms with Gasteiger partial charge in [0.15, 0.2) is 0 Å². The minimum atomic E-state index is -0.291. The lowest BCUT2D eigenvalue weighted by molar-refractivity contribution is -0.127. The van der Waals surface area contributed by atoms with Crippen molar-refractivity contribution >= 4 is 11.6 Å². The highest BCUT2D eigenvalue weighted by Crippen LogP contribution is 2.23. The average molecular weight is 230 g/mol. The summed E-state index contributed by atoms with van der Waals surface area (Å²) in [6.45, 7) is 2.07. The van der Waals surface area contributed by atoms with Crippen LogP contribution in [-0.2, 0) is 16.0 Å². The van der Waals surface area contributed by atoms with E-state index < -0.39 is 0 Å². The Hall–Kier alpha value is -1.44. The summed E-state index contributed by atoms with van der Waals surface area (Å²) in [7, 11) is 0. The fraction of sp³-hybridized carbons (Fsp3) is 0.467. The van der Waals surface area contributed by atoms with Crippen LogP contribution in [0.15, 0.2) is 24.3 Å². The van der Waals surface area contributed by atoms with Gasteiger partial charge in [-0.2, -0.15) is 0 Å². The number of Topliss-reactive ketones (excluding diaryl/α,β-unsaturated/α-hetero) is 2. The summed E-state index contributed by atoms with van der Waals surface area (Å²) in [5.41, 5.74) is 2.54. The monoisotopic (exact) mass is 230 g/mol. The van der Waals surface area contributed by atoms with Gasteiger partial charge in [-0.25, -0.2) is 0 Å². The molecule has 0 heterocycles. The molecular formula is C15H18O2. The number of hydrogen-bond acceptors (Lipinski definition) is 2. The molecule has 2 heteroatoms. The molecule has 0 N–H and O–H groups in total. The highest BCUT2D eigenvalue weighted by molar-refractivity contribution is 6.08. The Labute approximate surface area is 102 Å². The van der Waals surface area contributed by atoms with Crippen molar-refractivity contribution in [3.63, 3.8) is 0 Å². The van der Waals surface area contributed by atoms with E-state index in [2.05, 4.69) is 31.2 Å². The lowest BCUT2D eigenvalue weighted by Crippen LogP contribution is -2.14. The van der Waals surface area contributed by atoms with Crippen molar-refractivity contribution in [3.8, 4) is 0 Å². The van der Waals surface area contributed by atoms with E-state index in [1.165, 1.54) is 11.1 Å². The Balaban J connectivity index is 1.81. The summed E-state index contributed by atoms with van der Waals surface area (Å²) in [6, 6.07) is 8.43. The van der Waals surface area contributed by atoms with Gasteiger partial charge in [0.25, 0.3) is 0 Å². The number of hydrogen-bond donors (Lipinski definition) is 0. The minimum absolute atomic E-state index is 0.152. The highest BCUT2D eigenvalue weighted by Gasteiger charge is 2.31. The van der Waals surface area contributed by atoms with Crippen LogP contribution >= 0.6 is 0 Å². The molecule has 0 aromatic heterocycles. The molecule has 2 rings (SSSR count). The van der Waals surface area contributed by atoms with E-state index in [4.69, 9.17) is 0 Å². The zero-order chi connectivity index (χ0) is 12.3. The van der Waals surface area contributed by atoms with Gasteiger partial charge in [-0.1, -0.05) is 29.8 Å². The Bertz CT molecular complexity index is 401. The van der Waals surface area contributed by atoms with Crippen LogP contribution in [0.1, 0.15) is 36.8 Å². The SMILES string of the molecule is Cc1ccc(CCCC2C(=O)CCC2=O)cc1. The van der Waals surface area contributed by atoms with Gasteiger partial charge in [0, 0.05) is 12.8 Å². The van der Waals surface area contributed by atoms with Crippen LogP contribution in [0.2, 0.25) is 0 Å². The second-order valence-corrected chi connectivity index (χ2v) is 4.86. The number of aryl methyl sites for hydroxylation is 2. The van der Waals surface area contributed by atoms with Crippen molar-refractivity contribution in [2.24, 2.45) is 5.92 Å². The van der Waals surface area contributed by atoms with Crippen LogP contribution in [0.3, 0.4) is 0 Å². The van der Waals surface area contributed by atoms with Gasteiger partial charge in [0.2, 0.25) is 0 Å². The fourth-order valence-corrected chi connectivity index (χ4v) is 2.36. The number of ketones is 2. The Morgan fingerprint density at radius 1 is 1.06 bits per heavy atom. The smallest absolute Gasteiger partial charge is 0.143 e. The van der Waals surface area contributed by atoms with Gasteiger partial charge < -0.3 is 0 Å². The standard InChI is InChI=1S/C15H18O2/c1-11-5-7-12(8-6-11)3-2-4-13-14(16)9-10-15(13)17/h5-8,13H,2-4,9-10H2,1H3. The fourth-order valence-electron chi connectivity index (χ4n) is 2.36. The summed E-state index contributed by atoms with van der Waals surface area (Å²) in [5, 5.41) is 0. The zero-order valence-corrected chi connectivity index (χ0v) is 10.2. The van der Waals surface area contributed by atoms with Crippen LogP contribution in [0, 0.1) is 12.8 Å². The largest absolute Gasteiger partial charge is 0.299 e. The molecule has 1 aliphatic carbocycles. The Morgan fingerprint density at radius 3 is 2.24 bits per heavy atom. The summed E-state index contributed by atoms with van der Waals surface area (Å²) in [5.74, 6) is 0.0123. The molecule has 1 aromatic rings. The number of benzene rings is 1. The maximum absolute atomic E-state index is 11.5. The number of carbonyl (C=O) groups excluding carboxylic acids is 2. The van der Waals surface area contributed by atoms with Crippen molar-refractivity contribution in [1.82, 2.24) is 0 Å². The van der Waals surface area contributed by atoms with Crippen molar-refractivity contribution in [2.45, 2.75) is 39.0 Å². The van der Waals surface area contributed by atoms with Crippen molar-refractivity contribution in [2.75, 3.05) is 0 Å². The van der Waals surface area contributed by atoms with Crippen LogP contribution in [-0.4, -0.2) is 11.6 Å². The first-order valence-corrected chi connectivity index (χ1v) is 6.28. The topological polar surface area (TPSA) is 34.1 Å². The Morgan fingerprint density at radius 2 is 1.65 bits per heavy atom. The molecule has 0 bridgehead atoms. The molecule has 1 aromatic carbocycles. The lowest BCUT2D eigenvalue weighted by Gasteiger charge is -2.06. The first-order chi connectivity index (χ1) is 8.16. The molecule has 0 spiro atoms. The summed E-state index contributed by atoms with van der Waals surface area (Å²) in [4.78, 5) is 22.9. The molecule has 0 amide bonds. The molecule has 2 nitrogen and oxygen atoms in total. The second kappa shape index (κ2) is 5.26. The Kier molecular flexibility index (Phi) is 3.72. The lowest BCUT2D eigenvalue weighted by atomic mass is 9.97. The minimum Gasteiger partial charge on any atom is -0.299 e. The van der Waals surface area contributed by atoms with Crippen LogP contribution in [0.25, 0.3) is 0 Å². The van der Waals surface area contributed by atoms with E-state index >= 15 is 0 Å². The predicted molar refractivity (Wildman–Crippen MR) is 66.9 cm³/mol. The van der Waals surface area contributed by atoms with Crippen molar-refractivity contribution in [1.29, 1.82) is 0 Å². The number of rotatable bonds is 4. The van der Waals surface area contributed by atoms with Crippen molar-refractivity contribution in [3.05, 3.63) is 35.4 Å². The molecular weight excluding hydrogens is 212 g/mol. The van der Waals surface area contributed by atoms with Gasteiger partial charge in [-0.15, -0.1) is 0 Å². The first kappa shape index (κ1) is 12.0. The molecule has 0 aliphatic heterocycles. The second-order valence-electron chi connectivity index (χ2n) is 4.86. The summed E-state index contributed by atoms with van der Waals surface area (Å²) < 4.78 is 0. The van der Waals surface area contributed by atoms with Crippen LogP contribution < -0.4 is 0 Å². The molecule has 0 atom stereocenters. The van der Waals surface area contributed by atoms with Crippen molar-refractivity contribution < 1.29 is 9.59 Å². The summed E-state index contributed by atoms with van der Waals surface area (Å²) >= 11 is 0. The molecule has 1 saturated carbocycles. The zero-order valence-electron chi connectivity index (χ0n) is 10.2. The van der Waals surface area contributed by atoms with E-state index in [1.807, 2.05) is 0 Å². The normalized spacial score (nSPS) is 16.8. The van der Waals surface area contributed by atoms with Gasteiger partial charge in [0.05, 0.1) is 5.92 Å². The third kappa shape index (κ3) is 3.02. The predicted octanol–water partition coefficient (Wildman–Crippen LogP) is 2.87. The van der Waals surface area contributed by atoms with Crippen LogP contribution in [0.5, 0.6) is 0 Å². The van der Waals surface area contributed by atoms with Gasteiger partial charge in [-0.05, 0) is 31.7 Å². The maximum atomic E-state index is 11.5. The molecule has 90 valence electrons. The molecule has 1 fully saturated rings. The number of carbonyl (C=O) groups is 2. The molecule has 17 heavy (non-hydrogen) atoms. The van der Waals surface area contributed by atoms with Gasteiger partial charge >= 0.3 is 0 Å². The average Bonchev–Trinajstić information content (AvgIpc) is 2.63. The molecule has 0 unspecified atom stereocenters. The molecule has 0 saturated heterocycles. The third-order valence-corrected chi connectivity index (χ3v) is 3.47. The van der Waals surface area contributed by atoms with E-state index in [0.29, 0.717) is 12.8 Å². The van der Waals surface area contributed by atoms with E-state index in [1.54, 1.807) is 0 Å². The quantitative estimate of drug-likeness (QED) is 0.745.